The predicted molar refractivity (Wildman–Crippen MR) is 123 cm³/mol. The van der Waals surface area contributed by atoms with Crippen molar-refractivity contribution < 1.29 is 9.53 Å². The van der Waals surface area contributed by atoms with E-state index in [1.165, 1.54) is 0 Å². The third-order valence-electron chi connectivity index (χ3n) is 5.62. The lowest BCUT2D eigenvalue weighted by molar-refractivity contribution is -0.134. The van der Waals surface area contributed by atoms with Crippen LogP contribution < -0.4 is 4.90 Å². The molecule has 0 saturated carbocycles. The monoisotopic (exact) mass is 440 g/mol. The van der Waals surface area contributed by atoms with Gasteiger partial charge < -0.3 is 14.5 Å². The van der Waals surface area contributed by atoms with Crippen LogP contribution in [0.1, 0.15) is 44.4 Å². The molecule has 1 saturated heterocycles. The molecular formula is C24H29ClN4O2. The van der Waals surface area contributed by atoms with Gasteiger partial charge in [0.1, 0.15) is 11.9 Å². The number of methoxy groups -OCH3 is 1. The molecule has 31 heavy (non-hydrogen) atoms. The fourth-order valence-electron chi connectivity index (χ4n) is 3.99. The Morgan fingerprint density at radius 2 is 2.03 bits per heavy atom. The summed E-state index contributed by atoms with van der Waals surface area (Å²) in [6, 6.07) is 11.9. The van der Waals surface area contributed by atoms with Crippen LogP contribution in [0.3, 0.4) is 0 Å². The zero-order chi connectivity index (χ0) is 22.5. The number of nitriles is 1. The third-order valence-corrected chi connectivity index (χ3v) is 5.87. The first kappa shape index (κ1) is 23.1. The van der Waals surface area contributed by atoms with Gasteiger partial charge in [-0.05, 0) is 36.6 Å². The second kappa shape index (κ2) is 10.1. The van der Waals surface area contributed by atoms with E-state index in [1.54, 1.807) is 7.11 Å². The van der Waals surface area contributed by atoms with Crippen LogP contribution in [0.2, 0.25) is 5.02 Å². The lowest BCUT2D eigenvalue weighted by Gasteiger charge is -2.41. The maximum atomic E-state index is 12.5. The summed E-state index contributed by atoms with van der Waals surface area (Å²) in [5, 5.41) is 10.6. The number of piperazine rings is 1. The lowest BCUT2D eigenvalue weighted by Crippen LogP contribution is -2.54. The number of carbonyl (C=O) groups excluding carboxylic acids is 1. The highest BCUT2D eigenvalue weighted by Gasteiger charge is 2.29. The van der Waals surface area contributed by atoms with Gasteiger partial charge in [0.15, 0.2) is 0 Å². The van der Waals surface area contributed by atoms with Crippen molar-refractivity contribution in [1.29, 1.82) is 5.26 Å². The second-order valence-corrected chi connectivity index (χ2v) is 8.63. The summed E-state index contributed by atoms with van der Waals surface area (Å²) in [6.45, 7) is 8.55. The minimum absolute atomic E-state index is 0.0323. The lowest BCUT2D eigenvalue weighted by atomic mass is 9.95. The second-order valence-electron chi connectivity index (χ2n) is 8.19. The number of rotatable bonds is 6. The van der Waals surface area contributed by atoms with Crippen molar-refractivity contribution in [2.75, 3.05) is 38.3 Å². The number of halogens is 1. The molecule has 7 heteroatoms. The van der Waals surface area contributed by atoms with Crippen LogP contribution in [0, 0.1) is 11.3 Å². The van der Waals surface area contributed by atoms with E-state index in [2.05, 4.69) is 24.8 Å². The molecule has 1 aliphatic rings. The van der Waals surface area contributed by atoms with Crippen LogP contribution in [-0.2, 0) is 9.53 Å². The van der Waals surface area contributed by atoms with E-state index in [9.17, 15) is 10.1 Å². The third kappa shape index (κ3) is 5.17. The van der Waals surface area contributed by atoms with E-state index in [-0.39, 0.29) is 17.9 Å². The molecule has 0 N–H and O–H groups in total. The van der Waals surface area contributed by atoms with Gasteiger partial charge in [0, 0.05) is 43.4 Å². The fourth-order valence-corrected chi connectivity index (χ4v) is 4.12. The first-order valence-electron chi connectivity index (χ1n) is 10.6. The molecule has 0 radical (unpaired) electrons. The molecule has 1 aromatic heterocycles. The van der Waals surface area contributed by atoms with Gasteiger partial charge in [-0.25, -0.2) is 4.98 Å². The number of ether oxygens (including phenoxy) is 1. The average molecular weight is 441 g/mol. The van der Waals surface area contributed by atoms with E-state index in [4.69, 9.17) is 21.3 Å². The van der Waals surface area contributed by atoms with Gasteiger partial charge in [0.25, 0.3) is 0 Å². The smallest absolute Gasteiger partial charge is 0.225 e. The Kier molecular flexibility index (Phi) is 7.53. The summed E-state index contributed by atoms with van der Waals surface area (Å²) in [5.74, 6) is 0.981. The Bertz CT molecular complexity index is 969. The molecular weight excluding hydrogens is 412 g/mol. The largest absolute Gasteiger partial charge is 0.384 e. The van der Waals surface area contributed by atoms with E-state index < -0.39 is 0 Å². The number of aromatic nitrogens is 1. The highest BCUT2D eigenvalue weighted by Crippen LogP contribution is 2.34. The van der Waals surface area contributed by atoms with E-state index in [0.29, 0.717) is 49.1 Å². The highest BCUT2D eigenvalue weighted by atomic mass is 35.5. The number of nitrogens with zero attached hydrogens (tertiary/aromatic N) is 4. The summed E-state index contributed by atoms with van der Waals surface area (Å²) in [6.07, 6.45) is 0.385. The molecule has 0 bridgehead atoms. The van der Waals surface area contributed by atoms with Crippen molar-refractivity contribution in [2.24, 2.45) is 0 Å². The zero-order valence-corrected chi connectivity index (χ0v) is 19.3. The maximum absolute atomic E-state index is 12.5. The van der Waals surface area contributed by atoms with Gasteiger partial charge in [-0.3, -0.25) is 4.79 Å². The van der Waals surface area contributed by atoms with Crippen LogP contribution in [0.4, 0.5) is 5.82 Å². The molecule has 2 heterocycles. The van der Waals surface area contributed by atoms with Crippen LogP contribution in [0.5, 0.6) is 0 Å². The highest BCUT2D eigenvalue weighted by molar-refractivity contribution is 6.30. The number of carbonyl (C=O) groups is 1. The molecule has 164 valence electrons. The Balaban J connectivity index is 1.92. The van der Waals surface area contributed by atoms with Crippen LogP contribution in [0.15, 0.2) is 30.3 Å². The van der Waals surface area contributed by atoms with Gasteiger partial charge >= 0.3 is 0 Å². The standard InChI is InChI=1S/C24H29ClN4O2/c1-16(2)23-21(18-5-7-20(25)8-6-18)13-19(14-26)24(27-23)28-10-11-29(17(3)15-28)22(30)9-12-31-4/h5-8,13,16-17H,9-12,15H2,1-4H3. The first-order chi connectivity index (χ1) is 14.8. The summed E-state index contributed by atoms with van der Waals surface area (Å²) >= 11 is 6.05. The van der Waals surface area contributed by atoms with Crippen molar-refractivity contribution in [2.45, 2.75) is 39.2 Å². The Morgan fingerprint density at radius 3 is 2.61 bits per heavy atom. The quantitative estimate of drug-likeness (QED) is 0.662. The van der Waals surface area contributed by atoms with E-state index in [1.807, 2.05) is 42.2 Å². The number of anilines is 1. The Labute approximate surface area is 189 Å². The van der Waals surface area contributed by atoms with E-state index in [0.717, 1.165) is 16.8 Å². The van der Waals surface area contributed by atoms with Crippen molar-refractivity contribution in [3.8, 4) is 17.2 Å². The molecule has 1 unspecified atom stereocenters. The molecule has 6 nitrogen and oxygen atoms in total. The van der Waals surface area contributed by atoms with Gasteiger partial charge in [-0.15, -0.1) is 0 Å². The molecule has 1 amide bonds. The van der Waals surface area contributed by atoms with Crippen molar-refractivity contribution in [3.63, 3.8) is 0 Å². The SMILES string of the molecule is COCCC(=O)N1CCN(c2nc(C(C)C)c(-c3ccc(Cl)cc3)cc2C#N)CC1C. The van der Waals surface area contributed by atoms with Crippen LogP contribution in [-0.4, -0.2) is 55.2 Å². The molecule has 0 aliphatic carbocycles. The fraction of sp³-hybridized carbons (Fsp3) is 0.458. The summed E-state index contributed by atoms with van der Waals surface area (Å²) in [7, 11) is 1.60. The maximum Gasteiger partial charge on any atom is 0.225 e. The van der Waals surface area contributed by atoms with Crippen LogP contribution in [0.25, 0.3) is 11.1 Å². The summed E-state index contributed by atoms with van der Waals surface area (Å²) in [5.41, 5.74) is 3.43. The van der Waals surface area contributed by atoms with Crippen molar-refractivity contribution in [3.05, 3.63) is 46.6 Å². The minimum atomic E-state index is 0.0323. The average Bonchev–Trinajstić information content (AvgIpc) is 2.76. The summed E-state index contributed by atoms with van der Waals surface area (Å²) in [4.78, 5) is 21.4. The molecule has 0 spiro atoms. The molecule has 3 rings (SSSR count). The molecule has 1 atom stereocenters. The van der Waals surface area contributed by atoms with Crippen molar-refractivity contribution in [1.82, 2.24) is 9.88 Å². The minimum Gasteiger partial charge on any atom is -0.384 e. The predicted octanol–water partition coefficient (Wildman–Crippen LogP) is 4.47. The van der Waals surface area contributed by atoms with Crippen LogP contribution >= 0.6 is 11.6 Å². The van der Waals surface area contributed by atoms with Gasteiger partial charge in [-0.1, -0.05) is 37.6 Å². The summed E-state index contributed by atoms with van der Waals surface area (Å²) < 4.78 is 5.04. The van der Waals surface area contributed by atoms with Gasteiger partial charge in [0.05, 0.1) is 24.3 Å². The molecule has 1 aromatic carbocycles. The number of benzene rings is 1. The van der Waals surface area contributed by atoms with E-state index >= 15 is 0 Å². The normalized spacial score (nSPS) is 16.5. The zero-order valence-electron chi connectivity index (χ0n) is 18.6. The molecule has 2 aromatic rings. The molecule has 1 fully saturated rings. The number of pyridine rings is 1. The molecule has 1 aliphatic heterocycles. The Morgan fingerprint density at radius 1 is 1.32 bits per heavy atom. The topological polar surface area (TPSA) is 69.5 Å². The number of amides is 1. The Hall–Kier alpha value is -2.62. The number of hydrogen-bond acceptors (Lipinski definition) is 5. The first-order valence-corrected chi connectivity index (χ1v) is 11.0. The number of hydrogen-bond donors (Lipinski definition) is 0. The van der Waals surface area contributed by atoms with Gasteiger partial charge in [0.2, 0.25) is 5.91 Å². The van der Waals surface area contributed by atoms with Crippen molar-refractivity contribution >= 4 is 23.3 Å². The van der Waals surface area contributed by atoms with Gasteiger partial charge in [-0.2, -0.15) is 5.26 Å².